The molecule has 5 rings (SSSR count). The van der Waals surface area contributed by atoms with E-state index in [0.717, 1.165) is 24.1 Å². The van der Waals surface area contributed by atoms with E-state index < -0.39 is 10.0 Å². The molecular weight excluding hydrogens is 436 g/mol. The van der Waals surface area contributed by atoms with Gasteiger partial charge in [0.05, 0.1) is 9.77 Å². The minimum atomic E-state index is -3.80. The Kier molecular flexibility index (Phi) is 5.07. The molecule has 0 bridgehead atoms. The number of fused-ring (bicyclic) bond motifs is 2. The molecule has 3 aromatic rings. The van der Waals surface area contributed by atoms with Crippen LogP contribution in [0.2, 0.25) is 0 Å². The van der Waals surface area contributed by atoms with E-state index in [1.54, 1.807) is 23.1 Å². The molecule has 0 unspecified atom stereocenters. The quantitative estimate of drug-likeness (QED) is 0.643. The van der Waals surface area contributed by atoms with Crippen LogP contribution in [-0.2, 0) is 16.4 Å². The second-order valence-corrected chi connectivity index (χ2v) is 9.92. The average Bonchev–Trinajstić information content (AvgIpc) is 3.32. The van der Waals surface area contributed by atoms with Gasteiger partial charge in [-0.1, -0.05) is 6.07 Å². The third-order valence-electron chi connectivity index (χ3n) is 5.25. The normalized spacial score (nSPS) is 15.3. The molecule has 1 aromatic heterocycles. The van der Waals surface area contributed by atoms with E-state index in [4.69, 9.17) is 9.47 Å². The predicted octanol–water partition coefficient (Wildman–Crippen LogP) is 3.91. The second kappa shape index (κ2) is 7.90. The topological polar surface area (TPSA) is 84.9 Å². The van der Waals surface area contributed by atoms with Crippen molar-refractivity contribution in [3.63, 3.8) is 0 Å². The molecule has 160 valence electrons. The van der Waals surface area contributed by atoms with E-state index >= 15 is 0 Å². The lowest BCUT2D eigenvalue weighted by atomic mass is 10.0. The van der Waals surface area contributed by atoms with E-state index in [2.05, 4.69) is 4.72 Å². The minimum absolute atomic E-state index is 0.0273. The maximum atomic E-state index is 12.9. The van der Waals surface area contributed by atoms with E-state index in [0.29, 0.717) is 41.8 Å². The molecule has 1 amide bonds. The fourth-order valence-electron chi connectivity index (χ4n) is 3.81. The van der Waals surface area contributed by atoms with Gasteiger partial charge in [-0.05, 0) is 60.2 Å². The highest BCUT2D eigenvalue weighted by atomic mass is 32.2. The van der Waals surface area contributed by atoms with E-state index in [1.807, 2.05) is 23.6 Å². The van der Waals surface area contributed by atoms with E-state index in [1.165, 1.54) is 23.5 Å². The van der Waals surface area contributed by atoms with Gasteiger partial charge in [-0.3, -0.25) is 9.52 Å². The number of nitrogens with zero attached hydrogens (tertiary/aromatic N) is 1. The molecule has 31 heavy (non-hydrogen) atoms. The maximum Gasteiger partial charge on any atom is 0.268 e. The fourth-order valence-corrected chi connectivity index (χ4v) is 5.55. The summed E-state index contributed by atoms with van der Waals surface area (Å²) in [5.41, 5.74) is 2.23. The van der Waals surface area contributed by atoms with Crippen molar-refractivity contribution < 1.29 is 22.7 Å². The molecule has 2 aliphatic rings. The summed E-state index contributed by atoms with van der Waals surface area (Å²) < 4.78 is 39.4. The first kappa shape index (κ1) is 19.9. The van der Waals surface area contributed by atoms with Crippen molar-refractivity contribution in [2.45, 2.75) is 17.7 Å². The van der Waals surface area contributed by atoms with Crippen molar-refractivity contribution in [2.75, 3.05) is 29.4 Å². The van der Waals surface area contributed by atoms with Gasteiger partial charge in [0.25, 0.3) is 15.9 Å². The molecule has 0 radical (unpaired) electrons. The number of aryl methyl sites for hydroxylation is 1. The van der Waals surface area contributed by atoms with E-state index in [9.17, 15) is 13.2 Å². The SMILES string of the molecule is O=C(c1cccs1)N1CCCc2cc(NS(=O)(=O)c3ccc4c(c3)OCCO4)ccc21. The Bertz CT molecular complexity index is 1240. The summed E-state index contributed by atoms with van der Waals surface area (Å²) in [4.78, 5) is 15.4. The molecule has 2 aromatic carbocycles. The summed E-state index contributed by atoms with van der Waals surface area (Å²) in [6, 6.07) is 13.5. The van der Waals surface area contributed by atoms with Gasteiger partial charge in [-0.25, -0.2) is 8.42 Å². The van der Waals surface area contributed by atoms with Crippen LogP contribution in [0.5, 0.6) is 11.5 Å². The molecule has 1 N–H and O–H groups in total. The van der Waals surface area contributed by atoms with Gasteiger partial charge in [0, 0.05) is 24.0 Å². The highest BCUT2D eigenvalue weighted by molar-refractivity contribution is 7.92. The number of ether oxygens (including phenoxy) is 2. The van der Waals surface area contributed by atoms with Gasteiger partial charge in [-0.15, -0.1) is 11.3 Å². The Balaban J connectivity index is 1.40. The van der Waals surface area contributed by atoms with Crippen molar-refractivity contribution >= 4 is 38.6 Å². The zero-order valence-electron chi connectivity index (χ0n) is 16.5. The summed E-state index contributed by atoms with van der Waals surface area (Å²) in [6.07, 6.45) is 1.60. The van der Waals surface area contributed by atoms with E-state index in [-0.39, 0.29) is 10.8 Å². The van der Waals surface area contributed by atoms with Crippen LogP contribution in [0.3, 0.4) is 0 Å². The summed E-state index contributed by atoms with van der Waals surface area (Å²) in [5, 5.41) is 1.88. The molecule has 0 fully saturated rings. The molecule has 0 saturated carbocycles. The second-order valence-electron chi connectivity index (χ2n) is 7.29. The molecule has 0 saturated heterocycles. The lowest BCUT2D eigenvalue weighted by Gasteiger charge is -2.29. The number of thiophene rings is 1. The van der Waals surface area contributed by atoms with Crippen molar-refractivity contribution in [2.24, 2.45) is 0 Å². The monoisotopic (exact) mass is 456 g/mol. The zero-order chi connectivity index (χ0) is 21.4. The number of hydrogen-bond acceptors (Lipinski definition) is 6. The van der Waals surface area contributed by atoms with Crippen molar-refractivity contribution in [1.29, 1.82) is 0 Å². The summed E-state index contributed by atoms with van der Waals surface area (Å²) in [5.74, 6) is 0.928. The van der Waals surface area contributed by atoms with Crippen LogP contribution in [0.15, 0.2) is 58.8 Å². The van der Waals surface area contributed by atoms with Crippen LogP contribution >= 0.6 is 11.3 Å². The smallest absolute Gasteiger partial charge is 0.268 e. The standard InChI is InChI=1S/C22H20N2O5S2/c25-22(21-4-2-12-30-21)24-9-1-3-15-13-16(5-7-18(15)24)23-31(26,27)17-6-8-19-20(14-17)29-11-10-28-19/h2,4-8,12-14,23H,1,3,9-11H2. The molecule has 9 heteroatoms. The molecule has 0 spiro atoms. The number of anilines is 2. The third kappa shape index (κ3) is 3.86. The van der Waals surface area contributed by atoms with Gasteiger partial charge >= 0.3 is 0 Å². The lowest BCUT2D eigenvalue weighted by Crippen LogP contribution is -2.35. The summed E-state index contributed by atoms with van der Waals surface area (Å²) in [6.45, 7) is 1.47. The molecular formula is C22H20N2O5S2. The van der Waals surface area contributed by atoms with Gasteiger partial charge in [-0.2, -0.15) is 0 Å². The lowest BCUT2D eigenvalue weighted by molar-refractivity contribution is 0.0989. The van der Waals surface area contributed by atoms with Crippen LogP contribution in [-0.4, -0.2) is 34.1 Å². The predicted molar refractivity (Wildman–Crippen MR) is 119 cm³/mol. The zero-order valence-corrected chi connectivity index (χ0v) is 18.2. The Morgan fingerprint density at radius 1 is 1.03 bits per heavy atom. The Hall–Kier alpha value is -3.04. The Morgan fingerprint density at radius 2 is 1.87 bits per heavy atom. The highest BCUT2D eigenvalue weighted by Gasteiger charge is 2.25. The minimum Gasteiger partial charge on any atom is -0.486 e. The number of rotatable bonds is 4. The average molecular weight is 457 g/mol. The van der Waals surface area contributed by atoms with Gasteiger partial charge in [0.2, 0.25) is 0 Å². The molecule has 0 aliphatic carbocycles. The van der Waals surface area contributed by atoms with Crippen molar-refractivity contribution in [1.82, 2.24) is 0 Å². The Morgan fingerprint density at radius 3 is 2.68 bits per heavy atom. The number of nitrogens with one attached hydrogen (secondary N) is 1. The van der Waals surface area contributed by atoms with Gasteiger partial charge < -0.3 is 14.4 Å². The van der Waals surface area contributed by atoms with Crippen molar-refractivity contribution in [3.8, 4) is 11.5 Å². The summed E-state index contributed by atoms with van der Waals surface area (Å²) >= 11 is 1.42. The maximum absolute atomic E-state index is 12.9. The van der Waals surface area contributed by atoms with Crippen LogP contribution in [0, 0.1) is 0 Å². The van der Waals surface area contributed by atoms with Crippen LogP contribution in [0.1, 0.15) is 21.7 Å². The van der Waals surface area contributed by atoms with Crippen LogP contribution in [0.4, 0.5) is 11.4 Å². The Labute approximate surface area is 184 Å². The fraction of sp³-hybridized carbons (Fsp3) is 0.227. The number of carbonyl (C=O) groups is 1. The highest BCUT2D eigenvalue weighted by Crippen LogP contribution is 2.34. The third-order valence-corrected chi connectivity index (χ3v) is 7.49. The number of hydrogen-bond donors (Lipinski definition) is 1. The molecule has 3 heterocycles. The van der Waals surface area contributed by atoms with Crippen molar-refractivity contribution in [3.05, 3.63) is 64.4 Å². The van der Waals surface area contributed by atoms with Gasteiger partial charge in [0.1, 0.15) is 13.2 Å². The number of benzene rings is 2. The summed E-state index contributed by atoms with van der Waals surface area (Å²) in [7, 11) is -3.80. The first-order chi connectivity index (χ1) is 15.0. The van der Waals surface area contributed by atoms with Crippen LogP contribution in [0.25, 0.3) is 0 Å². The molecule has 0 atom stereocenters. The largest absolute Gasteiger partial charge is 0.486 e. The molecule has 7 nitrogen and oxygen atoms in total. The number of carbonyl (C=O) groups excluding carboxylic acids is 1. The van der Waals surface area contributed by atoms with Crippen LogP contribution < -0.4 is 19.1 Å². The molecule has 2 aliphatic heterocycles. The van der Waals surface area contributed by atoms with Gasteiger partial charge in [0.15, 0.2) is 11.5 Å². The number of amides is 1. The first-order valence-electron chi connectivity index (χ1n) is 9.92. The number of sulfonamides is 1. The first-order valence-corrected chi connectivity index (χ1v) is 12.3.